The van der Waals surface area contributed by atoms with Crippen molar-refractivity contribution in [3.05, 3.63) is 0 Å². The monoisotopic (exact) mass is 214 g/mol. The summed E-state index contributed by atoms with van der Waals surface area (Å²) >= 11 is 0. The summed E-state index contributed by atoms with van der Waals surface area (Å²) in [5, 5.41) is 0. The molecule has 3 atom stereocenters. The lowest BCUT2D eigenvalue weighted by Gasteiger charge is -2.30. The van der Waals surface area contributed by atoms with Crippen molar-refractivity contribution in [2.24, 2.45) is 11.7 Å². The molecule has 0 bridgehead atoms. The van der Waals surface area contributed by atoms with Gasteiger partial charge in [0.2, 0.25) is 5.91 Å². The highest BCUT2D eigenvalue weighted by Gasteiger charge is 2.33. The maximum atomic E-state index is 12.0. The number of hydrogen-bond acceptors (Lipinski definition) is 3. The first-order valence-electron chi connectivity index (χ1n) is 5.59. The third-order valence-electron chi connectivity index (χ3n) is 3.18. The summed E-state index contributed by atoms with van der Waals surface area (Å²) in [6.07, 6.45) is 1.03. The van der Waals surface area contributed by atoms with Gasteiger partial charge < -0.3 is 15.4 Å². The molecule has 1 rings (SSSR count). The molecule has 1 saturated heterocycles. The van der Waals surface area contributed by atoms with Crippen LogP contribution in [0.3, 0.4) is 0 Å². The number of amides is 1. The molecule has 0 radical (unpaired) electrons. The molecule has 0 aromatic heterocycles. The Bertz CT molecular complexity index is 231. The van der Waals surface area contributed by atoms with Gasteiger partial charge in [-0.1, -0.05) is 13.8 Å². The van der Waals surface area contributed by atoms with Crippen LogP contribution in [0, 0.1) is 5.92 Å². The summed E-state index contributed by atoms with van der Waals surface area (Å²) in [6.45, 7) is 6.67. The lowest BCUT2D eigenvalue weighted by atomic mass is 10.0. The van der Waals surface area contributed by atoms with Crippen molar-refractivity contribution in [3.8, 4) is 0 Å². The Labute approximate surface area is 91.8 Å². The molecule has 0 aliphatic carbocycles. The normalized spacial score (nSPS) is 28.1. The number of nitrogens with zero attached hydrogens (tertiary/aromatic N) is 1. The van der Waals surface area contributed by atoms with E-state index in [9.17, 15) is 4.79 Å². The predicted octanol–water partition coefficient (Wildman–Crippen LogP) is 0.605. The smallest absolute Gasteiger partial charge is 0.239 e. The van der Waals surface area contributed by atoms with Crippen molar-refractivity contribution >= 4 is 5.91 Å². The van der Waals surface area contributed by atoms with E-state index in [1.807, 2.05) is 27.8 Å². The van der Waals surface area contributed by atoms with Gasteiger partial charge in [-0.2, -0.15) is 0 Å². The molecule has 4 nitrogen and oxygen atoms in total. The van der Waals surface area contributed by atoms with Crippen molar-refractivity contribution < 1.29 is 9.53 Å². The first-order valence-corrected chi connectivity index (χ1v) is 5.59. The van der Waals surface area contributed by atoms with E-state index in [4.69, 9.17) is 10.5 Å². The minimum atomic E-state index is -0.400. The van der Waals surface area contributed by atoms with E-state index < -0.39 is 6.04 Å². The number of carbonyl (C=O) groups is 1. The minimum absolute atomic E-state index is 0.0207. The van der Waals surface area contributed by atoms with Crippen LogP contribution in [0.1, 0.15) is 27.2 Å². The van der Waals surface area contributed by atoms with Crippen LogP contribution in [0.2, 0.25) is 0 Å². The fraction of sp³-hybridized carbons (Fsp3) is 0.909. The van der Waals surface area contributed by atoms with E-state index in [0.717, 1.165) is 13.0 Å². The summed E-state index contributed by atoms with van der Waals surface area (Å²) in [5.41, 5.74) is 5.84. The second kappa shape index (κ2) is 4.94. The maximum absolute atomic E-state index is 12.0. The molecule has 2 unspecified atom stereocenters. The maximum Gasteiger partial charge on any atom is 0.239 e. The molecule has 1 amide bonds. The van der Waals surface area contributed by atoms with Gasteiger partial charge in [-0.3, -0.25) is 4.79 Å². The van der Waals surface area contributed by atoms with Crippen LogP contribution in [0.4, 0.5) is 0 Å². The largest absolute Gasteiger partial charge is 0.376 e. The van der Waals surface area contributed by atoms with E-state index in [1.165, 1.54) is 0 Å². The molecule has 4 heteroatoms. The van der Waals surface area contributed by atoms with E-state index in [2.05, 4.69) is 0 Å². The van der Waals surface area contributed by atoms with Gasteiger partial charge in [-0.15, -0.1) is 0 Å². The zero-order valence-corrected chi connectivity index (χ0v) is 10.1. The molecular weight excluding hydrogens is 192 g/mol. The zero-order chi connectivity index (χ0) is 11.6. The fourth-order valence-corrected chi connectivity index (χ4v) is 1.91. The molecule has 15 heavy (non-hydrogen) atoms. The predicted molar refractivity (Wildman–Crippen MR) is 59.4 cm³/mol. The molecular formula is C11H22N2O2. The van der Waals surface area contributed by atoms with Crippen LogP contribution in [0.15, 0.2) is 0 Å². The van der Waals surface area contributed by atoms with Crippen LogP contribution in [0.5, 0.6) is 0 Å². The number of carbonyl (C=O) groups excluding carboxylic acids is 1. The number of ether oxygens (including phenoxy) is 1. The van der Waals surface area contributed by atoms with Gasteiger partial charge in [0.05, 0.1) is 18.2 Å². The Morgan fingerprint density at radius 2 is 2.13 bits per heavy atom. The average molecular weight is 214 g/mol. The van der Waals surface area contributed by atoms with Gasteiger partial charge in [-0.05, 0) is 19.3 Å². The average Bonchev–Trinajstić information content (AvgIpc) is 2.60. The third kappa shape index (κ3) is 2.69. The summed E-state index contributed by atoms with van der Waals surface area (Å²) in [7, 11) is 1.82. The van der Waals surface area contributed by atoms with E-state index in [0.29, 0.717) is 0 Å². The summed E-state index contributed by atoms with van der Waals surface area (Å²) in [5.74, 6) is 0.199. The molecule has 0 aromatic carbocycles. The van der Waals surface area contributed by atoms with Crippen LogP contribution >= 0.6 is 0 Å². The summed E-state index contributed by atoms with van der Waals surface area (Å²) < 4.78 is 5.44. The van der Waals surface area contributed by atoms with Crippen molar-refractivity contribution in [2.45, 2.75) is 45.4 Å². The van der Waals surface area contributed by atoms with Gasteiger partial charge in [0.25, 0.3) is 0 Å². The molecule has 0 spiro atoms. The number of rotatable bonds is 3. The van der Waals surface area contributed by atoms with Gasteiger partial charge in [0, 0.05) is 13.7 Å². The highest BCUT2D eigenvalue weighted by Crippen LogP contribution is 2.19. The van der Waals surface area contributed by atoms with E-state index in [1.54, 1.807) is 4.90 Å². The van der Waals surface area contributed by atoms with Gasteiger partial charge >= 0.3 is 0 Å². The van der Waals surface area contributed by atoms with Crippen LogP contribution < -0.4 is 5.73 Å². The zero-order valence-electron chi connectivity index (χ0n) is 10.1. The highest BCUT2D eigenvalue weighted by atomic mass is 16.5. The quantitative estimate of drug-likeness (QED) is 0.748. The van der Waals surface area contributed by atoms with Gasteiger partial charge in [0.1, 0.15) is 0 Å². The number of nitrogens with two attached hydrogens (primary N) is 1. The molecule has 1 fully saturated rings. The lowest BCUT2D eigenvalue weighted by molar-refractivity contribution is -0.135. The van der Waals surface area contributed by atoms with Gasteiger partial charge in [-0.25, -0.2) is 0 Å². The van der Waals surface area contributed by atoms with Crippen LogP contribution in [0.25, 0.3) is 0 Å². The molecule has 1 heterocycles. The molecule has 0 aromatic rings. The summed E-state index contributed by atoms with van der Waals surface area (Å²) in [4.78, 5) is 13.7. The second-order valence-corrected chi connectivity index (χ2v) is 4.65. The molecule has 0 saturated carbocycles. The van der Waals surface area contributed by atoms with Crippen LogP contribution in [-0.2, 0) is 9.53 Å². The van der Waals surface area contributed by atoms with Crippen molar-refractivity contribution in [1.29, 1.82) is 0 Å². The third-order valence-corrected chi connectivity index (χ3v) is 3.18. The van der Waals surface area contributed by atoms with Crippen molar-refractivity contribution in [2.75, 3.05) is 13.7 Å². The summed E-state index contributed by atoms with van der Waals surface area (Å²) in [6, 6.07) is -0.218. The minimum Gasteiger partial charge on any atom is -0.376 e. The Hall–Kier alpha value is -0.610. The lowest BCUT2D eigenvalue weighted by Crippen LogP contribution is -2.50. The molecule has 1 aliphatic rings. The second-order valence-electron chi connectivity index (χ2n) is 4.65. The van der Waals surface area contributed by atoms with Crippen molar-refractivity contribution in [1.82, 2.24) is 4.90 Å². The Morgan fingerprint density at radius 1 is 1.53 bits per heavy atom. The number of likely N-dealkylation sites (N-methyl/N-ethyl adjacent to an activating group) is 1. The molecule has 88 valence electrons. The SMILES string of the molecule is CC1OCCC1N(C)C(=O)[C@H](N)C(C)C. The first kappa shape index (κ1) is 12.5. The van der Waals surface area contributed by atoms with E-state index >= 15 is 0 Å². The standard InChI is InChI=1S/C11H22N2O2/c1-7(2)10(12)11(14)13(4)9-5-6-15-8(9)3/h7-10H,5-6,12H2,1-4H3/t8?,9?,10-/m1/s1. The molecule has 2 N–H and O–H groups in total. The topological polar surface area (TPSA) is 55.6 Å². The Balaban J connectivity index is 2.59. The number of hydrogen-bond donors (Lipinski definition) is 1. The molecule has 1 aliphatic heterocycles. The van der Waals surface area contributed by atoms with Gasteiger partial charge in [0.15, 0.2) is 0 Å². The van der Waals surface area contributed by atoms with Crippen molar-refractivity contribution in [3.63, 3.8) is 0 Å². The Morgan fingerprint density at radius 3 is 2.53 bits per heavy atom. The van der Waals surface area contributed by atoms with Crippen LogP contribution in [-0.4, -0.2) is 42.6 Å². The highest BCUT2D eigenvalue weighted by molar-refractivity contribution is 5.82. The fourth-order valence-electron chi connectivity index (χ4n) is 1.91. The van der Waals surface area contributed by atoms with E-state index in [-0.39, 0.29) is 24.0 Å². The first-order chi connectivity index (χ1) is 6.95. The Kier molecular flexibility index (Phi) is 4.11.